The van der Waals surface area contributed by atoms with Crippen molar-refractivity contribution in [3.8, 4) is 11.4 Å². The van der Waals surface area contributed by atoms with Crippen molar-refractivity contribution < 1.29 is 13.5 Å². The van der Waals surface area contributed by atoms with E-state index in [9.17, 15) is 13.6 Å². The van der Waals surface area contributed by atoms with E-state index in [1.165, 1.54) is 34.1 Å². The lowest BCUT2D eigenvalue weighted by Crippen LogP contribution is -2.20. The van der Waals surface area contributed by atoms with E-state index in [1.54, 1.807) is 0 Å². The minimum atomic E-state index is -2.98. The Morgan fingerprint density at radius 1 is 1.44 bits per heavy atom. The summed E-state index contributed by atoms with van der Waals surface area (Å²) >= 11 is 12.8. The predicted octanol–water partition coefficient (Wildman–Crippen LogP) is 5.24. The molecule has 0 unspecified atom stereocenters. The number of aryl methyl sites for hydroxylation is 2. The number of thiophene rings is 1. The third-order valence-electron chi connectivity index (χ3n) is 3.79. The molecule has 9 heteroatoms. The molecule has 1 aromatic carbocycles. The van der Waals surface area contributed by atoms with Gasteiger partial charge < -0.3 is 9.72 Å². The molecule has 3 aromatic rings. The van der Waals surface area contributed by atoms with Crippen LogP contribution in [-0.2, 0) is 6.42 Å². The van der Waals surface area contributed by atoms with Gasteiger partial charge in [-0.1, -0.05) is 18.5 Å². The topological polar surface area (TPSA) is 47.0 Å². The van der Waals surface area contributed by atoms with Crippen LogP contribution < -0.4 is 10.3 Å². The van der Waals surface area contributed by atoms with Crippen LogP contribution in [0.25, 0.3) is 15.9 Å². The van der Waals surface area contributed by atoms with E-state index in [2.05, 4.69) is 9.72 Å². The molecule has 132 valence electrons. The van der Waals surface area contributed by atoms with Gasteiger partial charge in [0, 0.05) is 4.88 Å². The Bertz CT molecular complexity index is 1070. The molecule has 2 aromatic heterocycles. The Labute approximate surface area is 155 Å². The van der Waals surface area contributed by atoms with Crippen LogP contribution >= 0.6 is 35.2 Å². The van der Waals surface area contributed by atoms with Gasteiger partial charge in [0.05, 0.1) is 16.1 Å². The van der Waals surface area contributed by atoms with Gasteiger partial charge in [-0.2, -0.15) is 8.78 Å². The fourth-order valence-corrected chi connectivity index (χ4v) is 4.44. The summed E-state index contributed by atoms with van der Waals surface area (Å²) < 4.78 is 30.5. The highest BCUT2D eigenvalue weighted by Gasteiger charge is 2.16. The maximum absolute atomic E-state index is 13.0. The van der Waals surface area contributed by atoms with Gasteiger partial charge in [0.2, 0.25) is 0 Å². The monoisotopic (exact) mass is 402 g/mol. The average Bonchev–Trinajstić information content (AvgIpc) is 2.84. The number of alkyl halides is 2. The smallest absolute Gasteiger partial charge is 0.387 e. The second kappa shape index (κ2) is 6.86. The molecule has 0 amide bonds. The van der Waals surface area contributed by atoms with Crippen molar-refractivity contribution in [2.45, 2.75) is 26.9 Å². The van der Waals surface area contributed by atoms with Crippen molar-refractivity contribution in [1.29, 1.82) is 0 Å². The third-order valence-corrected chi connectivity index (χ3v) is 5.44. The van der Waals surface area contributed by atoms with E-state index in [0.717, 1.165) is 15.3 Å². The Balaban J connectivity index is 2.24. The molecule has 1 N–H and O–H groups in total. The summed E-state index contributed by atoms with van der Waals surface area (Å²) in [7, 11) is 0. The van der Waals surface area contributed by atoms with E-state index >= 15 is 0 Å². The number of hydrogen-bond acceptors (Lipinski definition) is 4. The molecule has 0 spiro atoms. The van der Waals surface area contributed by atoms with Gasteiger partial charge in [0.15, 0.2) is 4.77 Å². The SMILES string of the molecule is CCc1c(C)sc2[nH]c(=S)n(-c3ccc(OC(F)F)c(Cl)c3)c(=O)c12. The first-order valence-electron chi connectivity index (χ1n) is 7.35. The largest absolute Gasteiger partial charge is 0.433 e. The van der Waals surface area contributed by atoms with Crippen molar-refractivity contribution in [2.24, 2.45) is 0 Å². The average molecular weight is 403 g/mol. The molecule has 0 atom stereocenters. The molecule has 0 bridgehead atoms. The fraction of sp³-hybridized carbons (Fsp3) is 0.250. The van der Waals surface area contributed by atoms with Crippen LogP contribution in [0.1, 0.15) is 17.4 Å². The predicted molar refractivity (Wildman–Crippen MR) is 98.4 cm³/mol. The molecular formula is C16H13ClF2N2O2S2. The molecule has 3 rings (SSSR count). The number of benzene rings is 1. The number of H-pyrrole nitrogens is 1. The highest BCUT2D eigenvalue weighted by Crippen LogP contribution is 2.30. The number of aromatic nitrogens is 2. The molecule has 0 radical (unpaired) electrons. The van der Waals surface area contributed by atoms with Crippen molar-refractivity contribution in [2.75, 3.05) is 0 Å². The first kappa shape index (κ1) is 18.0. The first-order chi connectivity index (χ1) is 11.8. The Kier molecular flexibility index (Phi) is 4.95. The Hall–Kier alpha value is -1.77. The van der Waals surface area contributed by atoms with Gasteiger partial charge >= 0.3 is 6.61 Å². The summed E-state index contributed by atoms with van der Waals surface area (Å²) in [5.74, 6) is -0.162. The lowest BCUT2D eigenvalue weighted by Gasteiger charge is -2.11. The zero-order valence-electron chi connectivity index (χ0n) is 13.2. The van der Waals surface area contributed by atoms with Crippen molar-refractivity contribution in [3.63, 3.8) is 0 Å². The minimum absolute atomic E-state index is 0.0311. The number of aromatic amines is 1. The Morgan fingerprint density at radius 2 is 2.16 bits per heavy atom. The first-order valence-corrected chi connectivity index (χ1v) is 8.95. The number of rotatable bonds is 4. The number of fused-ring (bicyclic) bond motifs is 1. The standard InChI is InChI=1S/C16H13ClF2N2O2S2/c1-3-9-7(2)25-13-12(9)14(22)21(16(24)20-13)8-4-5-11(10(17)6-8)23-15(18)19/h4-6,15H,3H2,1-2H3,(H,20,24). The van der Waals surface area contributed by atoms with Gasteiger partial charge in [-0.3, -0.25) is 9.36 Å². The fourth-order valence-electron chi connectivity index (χ4n) is 2.73. The van der Waals surface area contributed by atoms with Crippen LogP contribution in [-0.4, -0.2) is 16.2 Å². The van der Waals surface area contributed by atoms with Crippen LogP contribution in [0.3, 0.4) is 0 Å². The number of halogens is 3. The molecule has 0 fully saturated rings. The zero-order valence-corrected chi connectivity index (χ0v) is 15.6. The quantitative estimate of drug-likeness (QED) is 0.607. The second-order valence-electron chi connectivity index (χ2n) is 5.26. The summed E-state index contributed by atoms with van der Waals surface area (Å²) in [5, 5.41) is 0.555. The van der Waals surface area contributed by atoms with Crippen LogP contribution in [0.15, 0.2) is 23.0 Å². The molecule has 25 heavy (non-hydrogen) atoms. The molecule has 2 heterocycles. The summed E-state index contributed by atoms with van der Waals surface area (Å²) in [6.07, 6.45) is 0.716. The molecule has 0 aliphatic carbocycles. The molecule has 0 saturated carbocycles. The molecule has 0 aliphatic rings. The highest BCUT2D eigenvalue weighted by atomic mass is 35.5. The van der Waals surface area contributed by atoms with Crippen molar-refractivity contribution in [3.05, 3.63) is 48.8 Å². The lowest BCUT2D eigenvalue weighted by atomic mass is 10.1. The summed E-state index contributed by atoms with van der Waals surface area (Å²) in [4.78, 5) is 17.8. The molecule has 4 nitrogen and oxygen atoms in total. The number of nitrogens with zero attached hydrogens (tertiary/aromatic N) is 1. The number of ether oxygens (including phenoxy) is 1. The van der Waals surface area contributed by atoms with E-state index in [-0.39, 0.29) is 21.1 Å². The maximum Gasteiger partial charge on any atom is 0.387 e. The molecule has 0 saturated heterocycles. The van der Waals surface area contributed by atoms with Gasteiger partial charge in [0.25, 0.3) is 5.56 Å². The van der Waals surface area contributed by atoms with Crippen LogP contribution in [0.2, 0.25) is 5.02 Å². The van der Waals surface area contributed by atoms with Gasteiger partial charge in [-0.25, -0.2) is 0 Å². The van der Waals surface area contributed by atoms with Gasteiger partial charge in [-0.15, -0.1) is 11.3 Å². The summed E-state index contributed by atoms with van der Waals surface area (Å²) in [6, 6.07) is 4.13. The zero-order chi connectivity index (χ0) is 18.3. The van der Waals surface area contributed by atoms with E-state index in [1.807, 2.05) is 13.8 Å². The van der Waals surface area contributed by atoms with Gasteiger partial charge in [0.1, 0.15) is 10.6 Å². The molecule has 0 aliphatic heterocycles. The summed E-state index contributed by atoms with van der Waals surface area (Å²) in [6.45, 7) is 0.955. The van der Waals surface area contributed by atoms with Crippen molar-refractivity contribution in [1.82, 2.24) is 9.55 Å². The highest BCUT2D eigenvalue weighted by molar-refractivity contribution is 7.71. The Morgan fingerprint density at radius 3 is 2.76 bits per heavy atom. The van der Waals surface area contributed by atoms with Crippen LogP contribution in [0.5, 0.6) is 5.75 Å². The van der Waals surface area contributed by atoms with E-state index in [0.29, 0.717) is 17.5 Å². The number of hydrogen-bond donors (Lipinski definition) is 1. The maximum atomic E-state index is 13.0. The normalized spacial score (nSPS) is 11.4. The minimum Gasteiger partial charge on any atom is -0.433 e. The van der Waals surface area contributed by atoms with Gasteiger partial charge in [-0.05, 0) is 49.3 Å². The third kappa shape index (κ3) is 3.21. The summed E-state index contributed by atoms with van der Waals surface area (Å²) in [5.41, 5.74) is 1.08. The van der Waals surface area contributed by atoms with Crippen molar-refractivity contribution >= 4 is 45.4 Å². The van der Waals surface area contributed by atoms with E-state index < -0.39 is 6.61 Å². The molecular weight excluding hydrogens is 390 g/mol. The van der Waals surface area contributed by atoms with Crippen LogP contribution in [0, 0.1) is 11.7 Å². The van der Waals surface area contributed by atoms with E-state index in [4.69, 9.17) is 23.8 Å². The lowest BCUT2D eigenvalue weighted by molar-refractivity contribution is -0.0497. The van der Waals surface area contributed by atoms with Crippen LogP contribution in [0.4, 0.5) is 8.78 Å². The number of nitrogens with one attached hydrogen (secondary N) is 1. The second-order valence-corrected chi connectivity index (χ2v) is 7.28.